The van der Waals surface area contributed by atoms with Gasteiger partial charge in [-0.05, 0) is 32.1 Å². The van der Waals surface area contributed by atoms with Crippen LogP contribution in [0.1, 0.15) is 117 Å². The zero-order chi connectivity index (χ0) is 17.9. The Kier molecular flexibility index (Phi) is 19.2. The van der Waals surface area contributed by atoms with Gasteiger partial charge < -0.3 is 4.74 Å². The first-order chi connectivity index (χ1) is 11.7. The Morgan fingerprint density at radius 2 is 1.33 bits per heavy atom. The zero-order valence-corrected chi connectivity index (χ0v) is 17.9. The SMILES string of the molecule is CCCCCCCCCCCC(CCC)OC(=O)CCCCCBr. The maximum absolute atomic E-state index is 11.9. The highest BCUT2D eigenvalue weighted by atomic mass is 79.9. The van der Waals surface area contributed by atoms with Crippen molar-refractivity contribution in [3.63, 3.8) is 0 Å². The number of unbranched alkanes of at least 4 members (excludes halogenated alkanes) is 10. The summed E-state index contributed by atoms with van der Waals surface area (Å²) in [6.07, 6.45) is 19.2. The van der Waals surface area contributed by atoms with Gasteiger partial charge in [-0.15, -0.1) is 0 Å². The van der Waals surface area contributed by atoms with Gasteiger partial charge in [0.15, 0.2) is 0 Å². The average Bonchev–Trinajstić information content (AvgIpc) is 2.57. The number of carbonyl (C=O) groups excluding carboxylic acids is 1. The third-order valence-corrected chi connectivity index (χ3v) is 5.11. The molecule has 0 fully saturated rings. The van der Waals surface area contributed by atoms with E-state index in [2.05, 4.69) is 29.8 Å². The Morgan fingerprint density at radius 1 is 0.750 bits per heavy atom. The maximum Gasteiger partial charge on any atom is 0.306 e. The maximum atomic E-state index is 11.9. The van der Waals surface area contributed by atoms with Crippen molar-refractivity contribution in [3.8, 4) is 0 Å². The summed E-state index contributed by atoms with van der Waals surface area (Å²) in [6, 6.07) is 0. The molecule has 0 spiro atoms. The Balaban J connectivity index is 3.63. The predicted molar refractivity (Wildman–Crippen MR) is 109 cm³/mol. The fraction of sp³-hybridized carbons (Fsp3) is 0.952. The monoisotopic (exact) mass is 404 g/mol. The summed E-state index contributed by atoms with van der Waals surface area (Å²) < 4.78 is 5.69. The Bertz CT molecular complexity index is 269. The highest BCUT2D eigenvalue weighted by molar-refractivity contribution is 9.09. The van der Waals surface area contributed by atoms with Crippen LogP contribution >= 0.6 is 15.9 Å². The quantitative estimate of drug-likeness (QED) is 0.133. The number of hydrogen-bond donors (Lipinski definition) is 0. The van der Waals surface area contributed by atoms with E-state index in [9.17, 15) is 4.79 Å². The number of alkyl halides is 1. The summed E-state index contributed by atoms with van der Waals surface area (Å²) in [6.45, 7) is 4.44. The van der Waals surface area contributed by atoms with Gasteiger partial charge in [0.05, 0.1) is 0 Å². The Morgan fingerprint density at radius 3 is 1.92 bits per heavy atom. The molecule has 1 atom stereocenters. The molecular formula is C21H41BrO2. The van der Waals surface area contributed by atoms with Crippen molar-refractivity contribution in [2.75, 3.05) is 5.33 Å². The first kappa shape index (κ1) is 23.9. The van der Waals surface area contributed by atoms with E-state index in [1.807, 2.05) is 0 Å². The van der Waals surface area contributed by atoms with Crippen LogP contribution in [0.5, 0.6) is 0 Å². The Hall–Kier alpha value is -0.0500. The summed E-state index contributed by atoms with van der Waals surface area (Å²) in [4.78, 5) is 11.9. The number of halogens is 1. The Labute approximate surface area is 159 Å². The minimum absolute atomic E-state index is 0.0129. The van der Waals surface area contributed by atoms with Gasteiger partial charge in [-0.25, -0.2) is 0 Å². The van der Waals surface area contributed by atoms with Gasteiger partial charge in [-0.1, -0.05) is 94.0 Å². The third kappa shape index (κ3) is 16.8. The van der Waals surface area contributed by atoms with E-state index in [1.165, 1.54) is 57.8 Å². The van der Waals surface area contributed by atoms with Crippen LogP contribution in [0.25, 0.3) is 0 Å². The smallest absolute Gasteiger partial charge is 0.306 e. The van der Waals surface area contributed by atoms with Crippen LogP contribution in [0.4, 0.5) is 0 Å². The average molecular weight is 405 g/mol. The number of hydrogen-bond acceptors (Lipinski definition) is 2. The highest BCUT2D eigenvalue weighted by Crippen LogP contribution is 2.16. The van der Waals surface area contributed by atoms with E-state index in [-0.39, 0.29) is 12.1 Å². The van der Waals surface area contributed by atoms with E-state index < -0.39 is 0 Å². The fourth-order valence-electron chi connectivity index (χ4n) is 3.05. The molecule has 0 aromatic carbocycles. The van der Waals surface area contributed by atoms with E-state index in [1.54, 1.807) is 0 Å². The molecule has 144 valence electrons. The van der Waals surface area contributed by atoms with Crippen molar-refractivity contribution in [3.05, 3.63) is 0 Å². The van der Waals surface area contributed by atoms with E-state index in [0.717, 1.165) is 43.9 Å². The van der Waals surface area contributed by atoms with Gasteiger partial charge in [0.2, 0.25) is 0 Å². The lowest BCUT2D eigenvalue weighted by molar-refractivity contribution is -0.150. The van der Waals surface area contributed by atoms with Crippen molar-refractivity contribution in [1.29, 1.82) is 0 Å². The number of rotatable bonds is 18. The van der Waals surface area contributed by atoms with Crippen LogP contribution in [-0.2, 0) is 9.53 Å². The normalized spacial score (nSPS) is 12.3. The van der Waals surface area contributed by atoms with Crippen LogP contribution in [0.15, 0.2) is 0 Å². The first-order valence-electron chi connectivity index (χ1n) is 10.5. The first-order valence-corrected chi connectivity index (χ1v) is 11.6. The van der Waals surface area contributed by atoms with Crippen molar-refractivity contribution in [1.82, 2.24) is 0 Å². The van der Waals surface area contributed by atoms with E-state index in [4.69, 9.17) is 4.74 Å². The van der Waals surface area contributed by atoms with Gasteiger partial charge in [-0.3, -0.25) is 4.79 Å². The molecule has 0 bridgehead atoms. The van der Waals surface area contributed by atoms with Crippen molar-refractivity contribution in [2.24, 2.45) is 0 Å². The standard InChI is InChI=1S/C21H41BrO2/c1-3-5-6-7-8-9-10-11-13-17-20(16-4-2)24-21(23)18-14-12-15-19-22/h20H,3-19H2,1-2H3. The van der Waals surface area contributed by atoms with E-state index in [0.29, 0.717) is 6.42 Å². The summed E-state index contributed by atoms with van der Waals surface area (Å²) in [5.41, 5.74) is 0. The topological polar surface area (TPSA) is 26.3 Å². The van der Waals surface area contributed by atoms with E-state index >= 15 is 0 Å². The summed E-state index contributed by atoms with van der Waals surface area (Å²) in [5, 5.41) is 1.03. The number of esters is 1. The van der Waals surface area contributed by atoms with Crippen molar-refractivity contribution < 1.29 is 9.53 Å². The molecule has 0 rings (SSSR count). The molecule has 0 aromatic heterocycles. The molecule has 1 unspecified atom stereocenters. The minimum atomic E-state index is 0.0129. The van der Waals surface area contributed by atoms with Crippen LogP contribution in [0.2, 0.25) is 0 Å². The summed E-state index contributed by atoms with van der Waals surface area (Å²) >= 11 is 3.42. The number of ether oxygens (including phenoxy) is 1. The molecule has 0 aliphatic carbocycles. The lowest BCUT2D eigenvalue weighted by atomic mass is 10.0. The van der Waals surface area contributed by atoms with Crippen LogP contribution in [-0.4, -0.2) is 17.4 Å². The largest absolute Gasteiger partial charge is 0.462 e. The molecule has 0 N–H and O–H groups in total. The molecule has 0 aliphatic rings. The second-order valence-electron chi connectivity index (χ2n) is 7.02. The van der Waals surface area contributed by atoms with Gasteiger partial charge in [0.1, 0.15) is 6.10 Å². The van der Waals surface area contributed by atoms with Crippen LogP contribution < -0.4 is 0 Å². The molecular weight excluding hydrogens is 364 g/mol. The molecule has 24 heavy (non-hydrogen) atoms. The molecule has 3 heteroatoms. The molecule has 0 amide bonds. The van der Waals surface area contributed by atoms with Gasteiger partial charge in [0.25, 0.3) is 0 Å². The molecule has 0 aromatic rings. The minimum Gasteiger partial charge on any atom is -0.462 e. The molecule has 0 aliphatic heterocycles. The number of carbonyl (C=O) groups is 1. The summed E-state index contributed by atoms with van der Waals surface area (Å²) in [7, 11) is 0. The van der Waals surface area contributed by atoms with Gasteiger partial charge in [0, 0.05) is 11.8 Å². The molecule has 0 saturated heterocycles. The van der Waals surface area contributed by atoms with Gasteiger partial charge >= 0.3 is 5.97 Å². The highest BCUT2D eigenvalue weighted by Gasteiger charge is 2.13. The molecule has 0 heterocycles. The zero-order valence-electron chi connectivity index (χ0n) is 16.3. The van der Waals surface area contributed by atoms with Crippen LogP contribution in [0.3, 0.4) is 0 Å². The molecule has 2 nitrogen and oxygen atoms in total. The van der Waals surface area contributed by atoms with Crippen molar-refractivity contribution >= 4 is 21.9 Å². The van der Waals surface area contributed by atoms with Gasteiger partial charge in [-0.2, -0.15) is 0 Å². The fourth-order valence-corrected chi connectivity index (χ4v) is 3.45. The van der Waals surface area contributed by atoms with Crippen molar-refractivity contribution in [2.45, 2.75) is 123 Å². The predicted octanol–water partition coefficient (Wildman–Crippen LogP) is 7.57. The van der Waals surface area contributed by atoms with Crippen LogP contribution in [0, 0.1) is 0 Å². The third-order valence-electron chi connectivity index (χ3n) is 4.55. The molecule has 0 radical (unpaired) electrons. The molecule has 0 saturated carbocycles. The summed E-state index contributed by atoms with van der Waals surface area (Å²) in [5.74, 6) is 0.0129. The lowest BCUT2D eigenvalue weighted by Crippen LogP contribution is -2.18. The lowest BCUT2D eigenvalue weighted by Gasteiger charge is -2.17. The second-order valence-corrected chi connectivity index (χ2v) is 7.81. The second kappa shape index (κ2) is 19.3.